The number of nitrogens with two attached hydrogens (primary N) is 1. The molecule has 6 nitrogen and oxygen atoms in total. The van der Waals surface area contributed by atoms with E-state index in [2.05, 4.69) is 10.6 Å². The average molecular weight is 352 g/mol. The van der Waals surface area contributed by atoms with Crippen LogP contribution in [0.2, 0.25) is 0 Å². The number of halogens is 1. The van der Waals surface area contributed by atoms with Gasteiger partial charge in [0.1, 0.15) is 12.0 Å². The molecule has 130 valence electrons. The van der Waals surface area contributed by atoms with Crippen LogP contribution >= 0.6 is 12.4 Å². The van der Waals surface area contributed by atoms with E-state index in [0.29, 0.717) is 35.0 Å². The fourth-order valence-corrected chi connectivity index (χ4v) is 1.98. The van der Waals surface area contributed by atoms with E-state index >= 15 is 0 Å². The molecule has 0 saturated heterocycles. The number of benzene rings is 1. The van der Waals surface area contributed by atoms with E-state index in [0.717, 1.165) is 0 Å². The van der Waals surface area contributed by atoms with E-state index in [1.54, 1.807) is 30.3 Å². The number of rotatable bonds is 6. The molecule has 0 saturated carbocycles. The maximum atomic E-state index is 12.2. The topological polar surface area (TPSA) is 97.4 Å². The Bertz CT molecular complexity index is 698. The van der Waals surface area contributed by atoms with Crippen molar-refractivity contribution in [1.82, 2.24) is 5.32 Å². The Morgan fingerprint density at radius 1 is 1.21 bits per heavy atom. The molecule has 0 aliphatic carbocycles. The van der Waals surface area contributed by atoms with Crippen LogP contribution in [0.5, 0.6) is 0 Å². The van der Waals surface area contributed by atoms with Gasteiger partial charge in [-0.1, -0.05) is 26.0 Å². The Morgan fingerprint density at radius 3 is 2.54 bits per heavy atom. The lowest BCUT2D eigenvalue weighted by atomic mass is 10.1. The number of amides is 2. The van der Waals surface area contributed by atoms with Crippen LogP contribution in [-0.2, 0) is 6.54 Å². The lowest BCUT2D eigenvalue weighted by Gasteiger charge is -2.12. The summed E-state index contributed by atoms with van der Waals surface area (Å²) in [5.74, 6) is 0.307. The molecule has 2 rings (SSSR count). The molecule has 2 aromatic rings. The third-order valence-electron chi connectivity index (χ3n) is 3.21. The van der Waals surface area contributed by atoms with Crippen molar-refractivity contribution in [2.45, 2.75) is 20.4 Å². The summed E-state index contributed by atoms with van der Waals surface area (Å²) in [5.41, 5.74) is 6.70. The van der Waals surface area contributed by atoms with Gasteiger partial charge in [-0.05, 0) is 24.1 Å². The number of anilines is 1. The largest absolute Gasteiger partial charge is 0.467 e. The number of carbonyl (C=O) groups excluding carboxylic acids is 2. The van der Waals surface area contributed by atoms with Gasteiger partial charge in [0.2, 0.25) is 0 Å². The third-order valence-corrected chi connectivity index (χ3v) is 3.21. The molecular weight excluding hydrogens is 330 g/mol. The van der Waals surface area contributed by atoms with E-state index < -0.39 is 0 Å². The van der Waals surface area contributed by atoms with Crippen LogP contribution in [0, 0.1) is 5.92 Å². The van der Waals surface area contributed by atoms with E-state index in [-0.39, 0.29) is 30.8 Å². The molecule has 0 unspecified atom stereocenters. The molecule has 0 spiro atoms. The third kappa shape index (κ3) is 5.11. The molecule has 0 aliphatic heterocycles. The summed E-state index contributed by atoms with van der Waals surface area (Å²) in [6.45, 7) is 4.83. The van der Waals surface area contributed by atoms with Crippen LogP contribution in [0.15, 0.2) is 41.0 Å². The van der Waals surface area contributed by atoms with Crippen LogP contribution in [0.3, 0.4) is 0 Å². The SMILES string of the molecule is CC(C)CNC(=O)c1ccccc1NC(=O)c1coc(CN)c1.Cl. The van der Waals surface area contributed by atoms with Crippen molar-refractivity contribution >= 4 is 29.9 Å². The van der Waals surface area contributed by atoms with Crippen molar-refractivity contribution in [3.63, 3.8) is 0 Å². The molecule has 0 atom stereocenters. The molecule has 0 aliphatic rings. The predicted octanol–water partition coefficient (Wildman–Crippen LogP) is 2.80. The molecular formula is C17H22ClN3O3. The minimum atomic E-state index is -0.349. The van der Waals surface area contributed by atoms with Crippen molar-refractivity contribution in [3.05, 3.63) is 53.5 Å². The summed E-state index contributed by atoms with van der Waals surface area (Å²) >= 11 is 0. The summed E-state index contributed by atoms with van der Waals surface area (Å²) in [6, 6.07) is 8.45. The minimum absolute atomic E-state index is 0. The summed E-state index contributed by atoms with van der Waals surface area (Å²) in [7, 11) is 0. The molecule has 24 heavy (non-hydrogen) atoms. The molecule has 0 bridgehead atoms. The smallest absolute Gasteiger partial charge is 0.258 e. The second-order valence-corrected chi connectivity index (χ2v) is 5.61. The Balaban J connectivity index is 0.00000288. The Labute approximate surface area is 147 Å². The van der Waals surface area contributed by atoms with Crippen molar-refractivity contribution in [2.24, 2.45) is 11.7 Å². The molecule has 0 fully saturated rings. The quantitative estimate of drug-likeness (QED) is 0.745. The molecule has 1 aromatic heterocycles. The first-order valence-corrected chi connectivity index (χ1v) is 7.47. The van der Waals surface area contributed by atoms with Gasteiger partial charge in [0, 0.05) is 6.54 Å². The second-order valence-electron chi connectivity index (χ2n) is 5.61. The van der Waals surface area contributed by atoms with Gasteiger partial charge in [-0.3, -0.25) is 9.59 Å². The Hall–Kier alpha value is -2.31. The second kappa shape index (κ2) is 9.10. The van der Waals surface area contributed by atoms with Gasteiger partial charge in [-0.25, -0.2) is 0 Å². The minimum Gasteiger partial charge on any atom is -0.467 e. The number of para-hydroxylation sites is 1. The molecule has 1 heterocycles. The highest BCUT2D eigenvalue weighted by atomic mass is 35.5. The zero-order chi connectivity index (χ0) is 16.8. The number of nitrogens with one attached hydrogen (secondary N) is 2. The first-order chi connectivity index (χ1) is 11.0. The number of carbonyl (C=O) groups is 2. The summed E-state index contributed by atoms with van der Waals surface area (Å²) < 4.78 is 5.15. The van der Waals surface area contributed by atoms with Gasteiger partial charge in [-0.15, -0.1) is 12.4 Å². The number of furan rings is 1. The summed E-state index contributed by atoms with van der Waals surface area (Å²) in [6.07, 6.45) is 1.35. The van der Waals surface area contributed by atoms with Gasteiger partial charge in [0.15, 0.2) is 0 Å². The van der Waals surface area contributed by atoms with Gasteiger partial charge in [-0.2, -0.15) is 0 Å². The van der Waals surface area contributed by atoms with E-state index in [1.165, 1.54) is 6.26 Å². The van der Waals surface area contributed by atoms with Crippen molar-refractivity contribution in [2.75, 3.05) is 11.9 Å². The number of hydrogen-bond acceptors (Lipinski definition) is 4. The average Bonchev–Trinajstić information content (AvgIpc) is 3.02. The van der Waals surface area contributed by atoms with E-state index in [1.807, 2.05) is 13.8 Å². The van der Waals surface area contributed by atoms with E-state index in [4.69, 9.17) is 10.2 Å². The van der Waals surface area contributed by atoms with Gasteiger partial charge in [0.25, 0.3) is 11.8 Å². The highest BCUT2D eigenvalue weighted by Gasteiger charge is 2.15. The Kier molecular flexibility index (Phi) is 7.48. The normalized spacial score (nSPS) is 10.2. The highest BCUT2D eigenvalue weighted by Crippen LogP contribution is 2.17. The van der Waals surface area contributed by atoms with Crippen LogP contribution < -0.4 is 16.4 Å². The van der Waals surface area contributed by atoms with Gasteiger partial charge < -0.3 is 20.8 Å². The van der Waals surface area contributed by atoms with E-state index in [9.17, 15) is 9.59 Å². The molecule has 7 heteroatoms. The standard InChI is InChI=1S/C17H21N3O3.ClH/c1-11(2)9-19-17(22)14-5-3-4-6-15(14)20-16(21)12-7-13(8-18)23-10-12;/h3-7,10-11H,8-9,18H2,1-2H3,(H,19,22)(H,20,21);1H. The fraction of sp³-hybridized carbons (Fsp3) is 0.294. The molecule has 4 N–H and O–H groups in total. The first kappa shape index (κ1) is 19.7. The predicted molar refractivity (Wildman–Crippen MR) is 95.4 cm³/mol. The van der Waals surface area contributed by atoms with Crippen molar-refractivity contribution < 1.29 is 14.0 Å². The lowest BCUT2D eigenvalue weighted by Crippen LogP contribution is -2.28. The van der Waals surface area contributed by atoms with Crippen LogP contribution in [0.1, 0.15) is 40.3 Å². The summed E-state index contributed by atoms with van der Waals surface area (Å²) in [4.78, 5) is 24.5. The highest BCUT2D eigenvalue weighted by molar-refractivity contribution is 6.08. The monoisotopic (exact) mass is 351 g/mol. The fourth-order valence-electron chi connectivity index (χ4n) is 1.98. The first-order valence-electron chi connectivity index (χ1n) is 7.47. The Morgan fingerprint density at radius 2 is 1.92 bits per heavy atom. The van der Waals surface area contributed by atoms with Crippen molar-refractivity contribution in [3.8, 4) is 0 Å². The molecule has 2 amide bonds. The van der Waals surface area contributed by atoms with Gasteiger partial charge >= 0.3 is 0 Å². The maximum Gasteiger partial charge on any atom is 0.258 e. The molecule has 0 radical (unpaired) electrons. The van der Waals surface area contributed by atoms with Gasteiger partial charge in [0.05, 0.1) is 23.4 Å². The van der Waals surface area contributed by atoms with Crippen LogP contribution in [0.25, 0.3) is 0 Å². The van der Waals surface area contributed by atoms with Crippen LogP contribution in [0.4, 0.5) is 5.69 Å². The zero-order valence-corrected chi connectivity index (χ0v) is 14.5. The lowest BCUT2D eigenvalue weighted by molar-refractivity contribution is 0.0950. The van der Waals surface area contributed by atoms with Crippen LogP contribution in [-0.4, -0.2) is 18.4 Å². The molecule has 1 aromatic carbocycles. The maximum absolute atomic E-state index is 12.2. The number of hydrogen-bond donors (Lipinski definition) is 3. The summed E-state index contributed by atoms with van der Waals surface area (Å²) in [5, 5.41) is 5.57. The van der Waals surface area contributed by atoms with Crippen molar-refractivity contribution in [1.29, 1.82) is 0 Å². The zero-order valence-electron chi connectivity index (χ0n) is 13.7.